The number of ketones is 2. The fourth-order valence-electron chi connectivity index (χ4n) is 2.52. The van der Waals surface area contributed by atoms with Crippen LogP contribution in [0.4, 0.5) is 5.69 Å². The molecule has 0 saturated heterocycles. The molecular weight excluding hydrogens is 284 g/mol. The summed E-state index contributed by atoms with van der Waals surface area (Å²) in [5.74, 6) is -1.92. The molecule has 22 heavy (non-hydrogen) atoms. The summed E-state index contributed by atoms with van der Waals surface area (Å²) in [5, 5.41) is 2.88. The third kappa shape index (κ3) is 2.87. The predicted molar refractivity (Wildman–Crippen MR) is 81.9 cm³/mol. The highest BCUT2D eigenvalue weighted by Crippen LogP contribution is 2.32. The first-order valence-corrected chi connectivity index (χ1v) is 7.06. The van der Waals surface area contributed by atoms with E-state index in [2.05, 4.69) is 10.1 Å². The van der Waals surface area contributed by atoms with Gasteiger partial charge in [0.1, 0.15) is 6.04 Å². The van der Waals surface area contributed by atoms with E-state index in [4.69, 9.17) is 0 Å². The molecule has 118 valence electrons. The standard InChI is InChI=1S/C16H20N2O4/c1-9(16(21)22-4)17-13-12(14(19)15(13)20)10-5-7-11(8-6-10)18(2)3/h5-9,12-13,17H,1-4H3. The van der Waals surface area contributed by atoms with Crippen LogP contribution in [0.2, 0.25) is 0 Å². The van der Waals surface area contributed by atoms with Crippen molar-refractivity contribution in [3.05, 3.63) is 29.8 Å². The molecule has 2 rings (SSSR count). The van der Waals surface area contributed by atoms with Gasteiger partial charge in [-0.25, -0.2) is 0 Å². The van der Waals surface area contributed by atoms with Gasteiger partial charge in [0.15, 0.2) is 0 Å². The first-order chi connectivity index (χ1) is 10.4. The Hall–Kier alpha value is -2.21. The Labute approximate surface area is 129 Å². The lowest BCUT2D eigenvalue weighted by atomic mass is 9.72. The number of nitrogens with one attached hydrogen (secondary N) is 1. The first-order valence-electron chi connectivity index (χ1n) is 7.06. The fourth-order valence-corrected chi connectivity index (χ4v) is 2.52. The van der Waals surface area contributed by atoms with Gasteiger partial charge in [0.25, 0.3) is 0 Å². The van der Waals surface area contributed by atoms with Crippen molar-refractivity contribution in [1.29, 1.82) is 0 Å². The number of hydrogen-bond donors (Lipinski definition) is 1. The SMILES string of the molecule is COC(=O)C(C)NC1C(=O)C(=O)C1c1ccc(N(C)C)cc1. The molecule has 1 aliphatic rings. The molecule has 1 aromatic carbocycles. The van der Waals surface area contributed by atoms with Crippen molar-refractivity contribution in [2.75, 3.05) is 26.1 Å². The summed E-state index contributed by atoms with van der Waals surface area (Å²) < 4.78 is 4.62. The molecule has 6 heteroatoms. The number of esters is 1. The predicted octanol–water partition coefficient (Wildman–Crippen LogP) is 0.508. The lowest BCUT2D eigenvalue weighted by Gasteiger charge is -2.35. The highest BCUT2D eigenvalue weighted by atomic mass is 16.5. The third-order valence-corrected chi connectivity index (χ3v) is 3.89. The lowest BCUT2D eigenvalue weighted by Crippen LogP contribution is -2.61. The molecule has 0 spiro atoms. The van der Waals surface area contributed by atoms with Crippen LogP contribution >= 0.6 is 0 Å². The number of carbonyl (C=O) groups excluding carboxylic acids is 3. The van der Waals surface area contributed by atoms with Crippen molar-refractivity contribution in [3.63, 3.8) is 0 Å². The van der Waals surface area contributed by atoms with E-state index in [9.17, 15) is 14.4 Å². The Balaban J connectivity index is 2.16. The van der Waals surface area contributed by atoms with Gasteiger partial charge < -0.3 is 9.64 Å². The minimum absolute atomic E-state index is 0.424. The molecule has 1 saturated carbocycles. The van der Waals surface area contributed by atoms with Crippen molar-refractivity contribution in [3.8, 4) is 0 Å². The summed E-state index contributed by atoms with van der Waals surface area (Å²) >= 11 is 0. The summed E-state index contributed by atoms with van der Waals surface area (Å²) in [6.45, 7) is 1.61. The van der Waals surface area contributed by atoms with E-state index in [1.807, 2.05) is 43.3 Å². The van der Waals surface area contributed by atoms with Crippen molar-refractivity contribution >= 4 is 23.2 Å². The quantitative estimate of drug-likeness (QED) is 0.631. The molecule has 0 amide bonds. The molecule has 0 heterocycles. The van der Waals surface area contributed by atoms with Crippen molar-refractivity contribution in [2.45, 2.75) is 24.9 Å². The van der Waals surface area contributed by atoms with Crippen LogP contribution < -0.4 is 10.2 Å². The molecule has 0 bridgehead atoms. The van der Waals surface area contributed by atoms with Gasteiger partial charge in [-0.15, -0.1) is 0 Å². The van der Waals surface area contributed by atoms with E-state index in [-0.39, 0.29) is 0 Å². The number of nitrogens with zero attached hydrogens (tertiary/aromatic N) is 1. The Morgan fingerprint density at radius 2 is 1.77 bits per heavy atom. The summed E-state index contributed by atoms with van der Waals surface area (Å²) in [5.41, 5.74) is 1.78. The summed E-state index contributed by atoms with van der Waals surface area (Å²) in [4.78, 5) is 37.1. The minimum Gasteiger partial charge on any atom is -0.468 e. The number of ether oxygens (including phenoxy) is 1. The summed E-state index contributed by atoms with van der Waals surface area (Å²) in [6, 6.07) is 6.14. The Morgan fingerprint density at radius 3 is 2.27 bits per heavy atom. The van der Waals surface area contributed by atoms with Gasteiger partial charge in [0.2, 0.25) is 11.6 Å². The monoisotopic (exact) mass is 304 g/mol. The Morgan fingerprint density at radius 1 is 1.18 bits per heavy atom. The zero-order valence-electron chi connectivity index (χ0n) is 13.1. The van der Waals surface area contributed by atoms with E-state index in [0.717, 1.165) is 11.3 Å². The smallest absolute Gasteiger partial charge is 0.322 e. The van der Waals surface area contributed by atoms with E-state index in [0.29, 0.717) is 0 Å². The maximum Gasteiger partial charge on any atom is 0.322 e. The van der Waals surface area contributed by atoms with Gasteiger partial charge in [0, 0.05) is 19.8 Å². The van der Waals surface area contributed by atoms with Gasteiger partial charge in [-0.2, -0.15) is 0 Å². The van der Waals surface area contributed by atoms with E-state index in [1.165, 1.54) is 7.11 Å². The molecular formula is C16H20N2O4. The zero-order chi connectivity index (χ0) is 16.4. The molecule has 0 aliphatic heterocycles. The normalized spacial score (nSPS) is 22.0. The molecule has 1 fully saturated rings. The molecule has 3 atom stereocenters. The molecule has 1 aromatic rings. The van der Waals surface area contributed by atoms with Crippen LogP contribution in [0.25, 0.3) is 0 Å². The van der Waals surface area contributed by atoms with Crippen LogP contribution in [0.1, 0.15) is 18.4 Å². The molecule has 3 unspecified atom stereocenters. The van der Waals surface area contributed by atoms with Gasteiger partial charge >= 0.3 is 5.97 Å². The molecule has 1 N–H and O–H groups in total. The Bertz CT molecular complexity index is 595. The average molecular weight is 304 g/mol. The fraction of sp³-hybridized carbons (Fsp3) is 0.438. The van der Waals surface area contributed by atoms with Crippen LogP contribution in [0.15, 0.2) is 24.3 Å². The maximum absolute atomic E-state index is 11.9. The maximum atomic E-state index is 11.9. The number of methoxy groups -OCH3 is 1. The second-order valence-corrected chi connectivity index (χ2v) is 5.58. The van der Waals surface area contributed by atoms with Gasteiger partial charge in [-0.3, -0.25) is 19.7 Å². The number of anilines is 1. The van der Waals surface area contributed by atoms with E-state index >= 15 is 0 Å². The van der Waals surface area contributed by atoms with Crippen molar-refractivity contribution < 1.29 is 19.1 Å². The average Bonchev–Trinajstić information content (AvgIpc) is 2.53. The van der Waals surface area contributed by atoms with Gasteiger partial charge in [-0.05, 0) is 24.6 Å². The van der Waals surface area contributed by atoms with Crippen LogP contribution in [0.3, 0.4) is 0 Å². The van der Waals surface area contributed by atoms with Crippen LogP contribution in [0.5, 0.6) is 0 Å². The van der Waals surface area contributed by atoms with Crippen LogP contribution in [-0.4, -0.2) is 50.8 Å². The lowest BCUT2D eigenvalue weighted by molar-refractivity contribution is -0.149. The van der Waals surface area contributed by atoms with Crippen molar-refractivity contribution in [1.82, 2.24) is 5.32 Å². The molecule has 0 radical (unpaired) electrons. The largest absolute Gasteiger partial charge is 0.468 e. The second-order valence-electron chi connectivity index (χ2n) is 5.58. The van der Waals surface area contributed by atoms with E-state index < -0.39 is 35.5 Å². The van der Waals surface area contributed by atoms with E-state index in [1.54, 1.807) is 6.92 Å². The Kier molecular flexibility index (Phi) is 4.61. The minimum atomic E-state index is -0.674. The number of benzene rings is 1. The summed E-state index contributed by atoms with van der Waals surface area (Å²) in [7, 11) is 5.14. The first kappa shape index (κ1) is 16.2. The number of carbonyl (C=O) groups is 3. The van der Waals surface area contributed by atoms with Crippen LogP contribution in [0, 0.1) is 0 Å². The molecule has 6 nitrogen and oxygen atoms in total. The number of rotatable bonds is 5. The third-order valence-electron chi connectivity index (χ3n) is 3.89. The number of hydrogen-bond acceptors (Lipinski definition) is 6. The van der Waals surface area contributed by atoms with Gasteiger partial charge in [-0.1, -0.05) is 12.1 Å². The number of Topliss-reactive ketones (excluding diaryl/α,β-unsaturated/α-hetero) is 2. The zero-order valence-corrected chi connectivity index (χ0v) is 13.1. The van der Waals surface area contributed by atoms with Crippen LogP contribution in [-0.2, 0) is 19.1 Å². The molecule has 1 aliphatic carbocycles. The van der Waals surface area contributed by atoms with Gasteiger partial charge in [0.05, 0.1) is 19.1 Å². The highest BCUT2D eigenvalue weighted by molar-refractivity contribution is 6.49. The highest BCUT2D eigenvalue weighted by Gasteiger charge is 2.50. The second kappa shape index (κ2) is 6.27. The topological polar surface area (TPSA) is 75.7 Å². The van der Waals surface area contributed by atoms with Crippen molar-refractivity contribution in [2.24, 2.45) is 0 Å². The molecule has 0 aromatic heterocycles. The summed E-state index contributed by atoms with van der Waals surface area (Å²) in [6.07, 6.45) is 0.